The van der Waals surface area contributed by atoms with Crippen LogP contribution in [0.4, 0.5) is 0 Å². The number of aryl methyl sites for hydroxylation is 1. The van der Waals surface area contributed by atoms with Gasteiger partial charge in [0.25, 0.3) is 0 Å². The fourth-order valence-corrected chi connectivity index (χ4v) is 1.31. The predicted molar refractivity (Wildman–Crippen MR) is 60.2 cm³/mol. The molecule has 0 atom stereocenters. The molecule has 0 radical (unpaired) electrons. The molecule has 90 valence electrons. The monoisotopic (exact) mass is 234 g/mol. The molecule has 0 aliphatic rings. The summed E-state index contributed by atoms with van der Waals surface area (Å²) in [4.78, 5) is 4.02. The van der Waals surface area contributed by atoms with Crippen LogP contribution in [0.15, 0.2) is 18.3 Å². The average molecular weight is 234 g/mol. The van der Waals surface area contributed by atoms with E-state index in [1.54, 1.807) is 18.3 Å². The van der Waals surface area contributed by atoms with Crippen LogP contribution in [0.2, 0.25) is 0 Å². The molecule has 0 amide bonds. The number of aliphatic hydroxyl groups is 1. The number of aromatic nitrogens is 4. The van der Waals surface area contributed by atoms with Crippen molar-refractivity contribution in [3.63, 3.8) is 0 Å². The molecule has 6 nitrogen and oxygen atoms in total. The summed E-state index contributed by atoms with van der Waals surface area (Å²) in [5.41, 5.74) is 0.617. The molecule has 0 spiro atoms. The van der Waals surface area contributed by atoms with Gasteiger partial charge in [-0.25, -0.2) is 0 Å². The van der Waals surface area contributed by atoms with Crippen molar-refractivity contribution in [2.45, 2.75) is 20.1 Å². The maximum Gasteiger partial charge on any atom is 0.170 e. The first-order valence-corrected chi connectivity index (χ1v) is 5.24. The van der Waals surface area contributed by atoms with Gasteiger partial charge in [-0.15, -0.1) is 10.2 Å². The van der Waals surface area contributed by atoms with Crippen molar-refractivity contribution >= 4 is 0 Å². The quantitative estimate of drug-likeness (QED) is 0.838. The molecule has 2 aromatic heterocycles. The van der Waals surface area contributed by atoms with Crippen molar-refractivity contribution in [2.24, 2.45) is 7.05 Å². The molecular formula is C11H14N4O2. The van der Waals surface area contributed by atoms with E-state index in [0.29, 0.717) is 18.1 Å². The van der Waals surface area contributed by atoms with Gasteiger partial charge < -0.3 is 14.4 Å². The first kappa shape index (κ1) is 11.5. The van der Waals surface area contributed by atoms with Crippen LogP contribution in [0.3, 0.4) is 0 Å². The van der Waals surface area contributed by atoms with Crippen LogP contribution in [0.1, 0.15) is 17.3 Å². The van der Waals surface area contributed by atoms with E-state index in [1.165, 1.54) is 0 Å². The lowest BCUT2D eigenvalue weighted by atomic mass is 10.3. The fraction of sp³-hybridized carbons (Fsp3) is 0.364. The van der Waals surface area contributed by atoms with E-state index in [-0.39, 0.29) is 6.61 Å². The number of aliphatic hydroxyl groups excluding tert-OH is 1. The summed E-state index contributed by atoms with van der Waals surface area (Å²) in [6.45, 7) is 2.16. The summed E-state index contributed by atoms with van der Waals surface area (Å²) in [5, 5.41) is 16.8. The number of ether oxygens (including phenoxy) is 1. The standard InChI is InChI=1S/C11H14N4O2/c1-8-13-14-11(15(8)2)7-17-10-4-3-9(6-16)12-5-10/h3-5,16H,6-7H2,1-2H3. The minimum Gasteiger partial charge on any atom is -0.484 e. The molecule has 0 aliphatic carbocycles. The molecule has 0 aliphatic heterocycles. The summed E-state index contributed by atoms with van der Waals surface area (Å²) in [6.07, 6.45) is 1.58. The van der Waals surface area contributed by atoms with Gasteiger partial charge in [0, 0.05) is 7.05 Å². The number of nitrogens with zero attached hydrogens (tertiary/aromatic N) is 4. The summed E-state index contributed by atoms with van der Waals surface area (Å²) in [5.74, 6) is 2.24. The van der Waals surface area contributed by atoms with Gasteiger partial charge in [-0.2, -0.15) is 0 Å². The van der Waals surface area contributed by atoms with Crippen molar-refractivity contribution in [2.75, 3.05) is 0 Å². The normalized spacial score (nSPS) is 10.5. The zero-order valence-electron chi connectivity index (χ0n) is 9.79. The molecule has 0 aromatic carbocycles. The van der Waals surface area contributed by atoms with Crippen molar-refractivity contribution in [1.82, 2.24) is 19.7 Å². The molecule has 0 fully saturated rings. The molecule has 0 unspecified atom stereocenters. The highest BCUT2D eigenvalue weighted by Crippen LogP contribution is 2.11. The van der Waals surface area contributed by atoms with Crippen molar-refractivity contribution in [3.05, 3.63) is 35.7 Å². The molecule has 0 saturated heterocycles. The van der Waals surface area contributed by atoms with Gasteiger partial charge in [-0.1, -0.05) is 0 Å². The largest absolute Gasteiger partial charge is 0.484 e. The van der Waals surface area contributed by atoms with E-state index in [4.69, 9.17) is 9.84 Å². The maximum atomic E-state index is 8.85. The summed E-state index contributed by atoms with van der Waals surface area (Å²) < 4.78 is 7.39. The number of pyridine rings is 1. The van der Waals surface area contributed by atoms with Crippen LogP contribution in [0.25, 0.3) is 0 Å². The fourth-order valence-electron chi connectivity index (χ4n) is 1.31. The molecule has 0 bridgehead atoms. The minimum atomic E-state index is -0.0667. The second-order valence-electron chi connectivity index (χ2n) is 3.65. The van der Waals surface area contributed by atoms with Crippen molar-refractivity contribution in [1.29, 1.82) is 0 Å². The summed E-state index contributed by atoms with van der Waals surface area (Å²) in [7, 11) is 1.89. The Labute approximate surface area is 98.9 Å². The Hall–Kier alpha value is -1.95. The molecule has 2 rings (SSSR count). The highest BCUT2D eigenvalue weighted by atomic mass is 16.5. The second-order valence-corrected chi connectivity index (χ2v) is 3.65. The Kier molecular flexibility index (Phi) is 3.34. The first-order chi connectivity index (χ1) is 8.20. The van der Waals surface area contributed by atoms with Gasteiger partial charge in [0.2, 0.25) is 0 Å². The molecule has 17 heavy (non-hydrogen) atoms. The summed E-state index contributed by atoms with van der Waals surface area (Å²) >= 11 is 0. The van der Waals surface area contributed by atoms with Crippen LogP contribution < -0.4 is 4.74 Å². The van der Waals surface area contributed by atoms with Crippen LogP contribution >= 0.6 is 0 Å². The molecule has 2 aromatic rings. The molecule has 1 N–H and O–H groups in total. The molecular weight excluding hydrogens is 220 g/mol. The van der Waals surface area contributed by atoms with Gasteiger partial charge in [-0.3, -0.25) is 4.98 Å². The smallest absolute Gasteiger partial charge is 0.170 e. The van der Waals surface area contributed by atoms with Gasteiger partial charge in [-0.05, 0) is 19.1 Å². The Morgan fingerprint density at radius 1 is 1.35 bits per heavy atom. The topological polar surface area (TPSA) is 73.1 Å². The van der Waals surface area contributed by atoms with Gasteiger partial charge in [0.15, 0.2) is 5.82 Å². The van der Waals surface area contributed by atoms with E-state index in [9.17, 15) is 0 Å². The third-order valence-corrected chi connectivity index (χ3v) is 2.51. The Bertz CT molecular complexity index is 493. The van der Waals surface area contributed by atoms with E-state index in [1.807, 2.05) is 18.5 Å². The Morgan fingerprint density at radius 3 is 2.71 bits per heavy atom. The predicted octanol–water partition coefficient (Wildman–Crippen LogP) is 0.590. The SMILES string of the molecule is Cc1nnc(COc2ccc(CO)nc2)n1C. The van der Waals surface area contributed by atoms with Crippen LogP contribution in [0.5, 0.6) is 5.75 Å². The van der Waals surface area contributed by atoms with E-state index in [2.05, 4.69) is 15.2 Å². The highest BCUT2D eigenvalue weighted by Gasteiger charge is 2.05. The highest BCUT2D eigenvalue weighted by molar-refractivity contribution is 5.19. The summed E-state index contributed by atoms with van der Waals surface area (Å²) in [6, 6.07) is 3.49. The maximum absolute atomic E-state index is 8.85. The Balaban J connectivity index is 2.00. The zero-order chi connectivity index (χ0) is 12.3. The lowest BCUT2D eigenvalue weighted by Crippen LogP contribution is -2.04. The lowest BCUT2D eigenvalue weighted by Gasteiger charge is -2.05. The number of hydrogen-bond acceptors (Lipinski definition) is 5. The minimum absolute atomic E-state index is 0.0667. The lowest BCUT2D eigenvalue weighted by molar-refractivity contribution is 0.273. The molecule has 0 saturated carbocycles. The van der Waals surface area contributed by atoms with Gasteiger partial charge in [0.05, 0.1) is 18.5 Å². The average Bonchev–Trinajstić information content (AvgIpc) is 2.68. The van der Waals surface area contributed by atoms with Gasteiger partial charge in [0.1, 0.15) is 18.2 Å². The molecule has 6 heteroatoms. The van der Waals surface area contributed by atoms with Gasteiger partial charge >= 0.3 is 0 Å². The molecule has 2 heterocycles. The third kappa shape index (κ3) is 2.59. The zero-order valence-corrected chi connectivity index (χ0v) is 9.79. The van der Waals surface area contributed by atoms with Crippen LogP contribution in [-0.4, -0.2) is 24.9 Å². The third-order valence-electron chi connectivity index (χ3n) is 2.51. The number of hydrogen-bond donors (Lipinski definition) is 1. The van der Waals surface area contributed by atoms with Crippen LogP contribution in [-0.2, 0) is 20.3 Å². The first-order valence-electron chi connectivity index (χ1n) is 5.24. The van der Waals surface area contributed by atoms with E-state index in [0.717, 1.165) is 11.6 Å². The Morgan fingerprint density at radius 2 is 2.18 bits per heavy atom. The van der Waals surface area contributed by atoms with E-state index >= 15 is 0 Å². The van der Waals surface area contributed by atoms with E-state index < -0.39 is 0 Å². The number of rotatable bonds is 4. The second kappa shape index (κ2) is 4.92. The van der Waals surface area contributed by atoms with Crippen LogP contribution in [0, 0.1) is 6.92 Å². The van der Waals surface area contributed by atoms with Crippen molar-refractivity contribution < 1.29 is 9.84 Å². The van der Waals surface area contributed by atoms with Crippen molar-refractivity contribution in [3.8, 4) is 5.75 Å².